The summed E-state index contributed by atoms with van der Waals surface area (Å²) in [6, 6.07) is 0.388. The molecule has 0 aromatic rings. The fraction of sp³-hybridized carbons (Fsp3) is 0.727. The number of aliphatic hydroxyl groups excluding tert-OH is 1. The molecule has 0 unspecified atom stereocenters. The van der Waals surface area contributed by atoms with E-state index < -0.39 is 0 Å². The predicted molar refractivity (Wildman–Crippen MR) is 53.5 cm³/mol. The highest BCUT2D eigenvalue weighted by Crippen LogP contribution is 2.33. The van der Waals surface area contributed by atoms with E-state index in [1.165, 1.54) is 12.8 Å². The Balaban J connectivity index is 2.08. The number of nitrogens with zero attached hydrogens (tertiary/aromatic N) is 1. The second-order valence-electron chi connectivity index (χ2n) is 4.09. The van der Waals surface area contributed by atoms with Gasteiger partial charge in [0, 0.05) is 11.7 Å². The van der Waals surface area contributed by atoms with E-state index in [1.54, 1.807) is 0 Å². The van der Waals surface area contributed by atoms with Crippen molar-refractivity contribution in [2.75, 3.05) is 6.61 Å². The number of carbonyl (C=O) groups excluding carboxylic acids is 1. The zero-order valence-electron chi connectivity index (χ0n) is 8.41. The molecular formula is C11H17NO2. The molecule has 1 saturated carbocycles. The Labute approximate surface area is 84.4 Å². The first kappa shape index (κ1) is 9.71. The van der Waals surface area contributed by atoms with Gasteiger partial charge in [-0.1, -0.05) is 6.08 Å². The molecule has 0 aliphatic heterocycles. The number of hydrogen-bond acceptors (Lipinski definition) is 2. The van der Waals surface area contributed by atoms with Gasteiger partial charge in [-0.3, -0.25) is 4.79 Å². The third-order valence-corrected chi connectivity index (χ3v) is 2.89. The van der Waals surface area contributed by atoms with Crippen LogP contribution in [0.4, 0.5) is 0 Å². The van der Waals surface area contributed by atoms with Crippen LogP contribution in [0.15, 0.2) is 11.8 Å². The van der Waals surface area contributed by atoms with E-state index in [0.29, 0.717) is 6.04 Å². The maximum absolute atomic E-state index is 11.5. The van der Waals surface area contributed by atoms with Gasteiger partial charge in [0.25, 0.3) is 5.91 Å². The molecule has 0 atom stereocenters. The molecule has 14 heavy (non-hydrogen) atoms. The maximum atomic E-state index is 11.5. The van der Waals surface area contributed by atoms with Crippen molar-refractivity contribution in [3.63, 3.8) is 0 Å². The van der Waals surface area contributed by atoms with Gasteiger partial charge in [0.05, 0.1) is 0 Å². The van der Waals surface area contributed by atoms with Crippen LogP contribution in [0, 0.1) is 0 Å². The van der Waals surface area contributed by atoms with Gasteiger partial charge in [-0.2, -0.15) is 0 Å². The van der Waals surface area contributed by atoms with E-state index in [1.807, 2.05) is 4.90 Å². The molecule has 0 radical (unpaired) electrons. The van der Waals surface area contributed by atoms with Crippen LogP contribution in [0.2, 0.25) is 0 Å². The molecule has 2 aliphatic rings. The first-order valence-electron chi connectivity index (χ1n) is 5.45. The van der Waals surface area contributed by atoms with Crippen LogP contribution >= 0.6 is 0 Å². The lowest BCUT2D eigenvalue weighted by Gasteiger charge is -2.27. The average molecular weight is 195 g/mol. The number of hydrogen-bond donors (Lipinski definition) is 1. The molecule has 1 amide bonds. The second-order valence-corrected chi connectivity index (χ2v) is 4.09. The first-order valence-corrected chi connectivity index (χ1v) is 5.45. The first-order chi connectivity index (χ1) is 6.83. The summed E-state index contributed by atoms with van der Waals surface area (Å²) in [5, 5.41) is 8.89. The summed E-state index contributed by atoms with van der Waals surface area (Å²) in [6.45, 7) is -0.353. The minimum absolute atomic E-state index is 0.124. The summed E-state index contributed by atoms with van der Waals surface area (Å²) in [6.07, 6.45) is 8.85. The van der Waals surface area contributed by atoms with Gasteiger partial charge >= 0.3 is 0 Å². The smallest absolute Gasteiger partial charge is 0.252 e. The molecule has 0 bridgehead atoms. The molecule has 2 rings (SSSR count). The van der Waals surface area contributed by atoms with Gasteiger partial charge in [-0.05, 0) is 38.5 Å². The second kappa shape index (κ2) is 4.13. The topological polar surface area (TPSA) is 40.5 Å². The number of rotatable bonds is 3. The molecule has 3 heteroatoms. The molecule has 1 N–H and O–H groups in total. The Morgan fingerprint density at radius 3 is 2.79 bits per heavy atom. The monoisotopic (exact) mass is 195 g/mol. The van der Waals surface area contributed by atoms with E-state index >= 15 is 0 Å². The molecule has 3 nitrogen and oxygen atoms in total. The van der Waals surface area contributed by atoms with Gasteiger partial charge in [-0.15, -0.1) is 0 Å². The third kappa shape index (κ3) is 1.98. The standard InChI is InChI=1S/C11H17NO2/c13-8-11(14)12(10-6-7-10)9-4-2-1-3-5-9/h4,10,13H,1-3,5-8H2. The molecule has 0 aromatic carbocycles. The van der Waals surface area contributed by atoms with Gasteiger partial charge in [-0.25, -0.2) is 0 Å². The van der Waals surface area contributed by atoms with Crippen molar-refractivity contribution in [2.24, 2.45) is 0 Å². The van der Waals surface area contributed by atoms with Crippen LogP contribution in [0.25, 0.3) is 0 Å². The van der Waals surface area contributed by atoms with Crippen molar-refractivity contribution >= 4 is 5.91 Å². The highest BCUT2D eigenvalue weighted by Gasteiger charge is 2.34. The lowest BCUT2D eigenvalue weighted by molar-refractivity contribution is -0.132. The Hall–Kier alpha value is -0.830. The van der Waals surface area contributed by atoms with Crippen LogP contribution in [0.3, 0.4) is 0 Å². The molecule has 2 aliphatic carbocycles. The lowest BCUT2D eigenvalue weighted by Crippen LogP contribution is -2.35. The largest absolute Gasteiger partial charge is 0.387 e. The van der Waals surface area contributed by atoms with Crippen molar-refractivity contribution in [3.05, 3.63) is 11.8 Å². The number of aliphatic hydroxyl groups is 1. The Morgan fingerprint density at radius 1 is 1.50 bits per heavy atom. The Bertz CT molecular complexity index is 256. The minimum Gasteiger partial charge on any atom is -0.387 e. The minimum atomic E-state index is -0.353. The van der Waals surface area contributed by atoms with Crippen LogP contribution in [0.5, 0.6) is 0 Å². The quantitative estimate of drug-likeness (QED) is 0.740. The van der Waals surface area contributed by atoms with E-state index in [-0.39, 0.29) is 12.5 Å². The van der Waals surface area contributed by atoms with Gasteiger partial charge in [0.15, 0.2) is 0 Å². The fourth-order valence-corrected chi connectivity index (χ4v) is 2.05. The van der Waals surface area contributed by atoms with Crippen LogP contribution in [0.1, 0.15) is 38.5 Å². The number of carbonyl (C=O) groups is 1. The average Bonchev–Trinajstić information content (AvgIpc) is 3.04. The molecular weight excluding hydrogens is 178 g/mol. The van der Waals surface area contributed by atoms with Crippen LogP contribution < -0.4 is 0 Å². The number of allylic oxidation sites excluding steroid dienone is 2. The number of amides is 1. The van der Waals surface area contributed by atoms with Gasteiger partial charge < -0.3 is 10.0 Å². The van der Waals surface area contributed by atoms with Gasteiger partial charge in [0.2, 0.25) is 0 Å². The molecule has 1 fully saturated rings. The summed E-state index contributed by atoms with van der Waals surface area (Å²) in [7, 11) is 0. The normalized spacial score (nSPS) is 21.6. The van der Waals surface area contributed by atoms with E-state index in [0.717, 1.165) is 31.4 Å². The van der Waals surface area contributed by atoms with Crippen molar-refractivity contribution in [3.8, 4) is 0 Å². The molecule has 78 valence electrons. The summed E-state index contributed by atoms with van der Waals surface area (Å²) in [4.78, 5) is 13.4. The highest BCUT2D eigenvalue weighted by atomic mass is 16.3. The Kier molecular flexibility index (Phi) is 2.87. The summed E-state index contributed by atoms with van der Waals surface area (Å²) in [5.41, 5.74) is 1.15. The Morgan fingerprint density at radius 2 is 2.29 bits per heavy atom. The zero-order valence-corrected chi connectivity index (χ0v) is 8.41. The van der Waals surface area contributed by atoms with E-state index in [9.17, 15) is 4.79 Å². The summed E-state index contributed by atoms with van der Waals surface area (Å²) < 4.78 is 0. The van der Waals surface area contributed by atoms with E-state index in [2.05, 4.69) is 6.08 Å². The van der Waals surface area contributed by atoms with E-state index in [4.69, 9.17) is 5.11 Å². The molecule has 0 spiro atoms. The molecule has 0 aromatic heterocycles. The van der Waals surface area contributed by atoms with Crippen molar-refractivity contribution in [2.45, 2.75) is 44.6 Å². The summed E-state index contributed by atoms with van der Waals surface area (Å²) in [5.74, 6) is -0.124. The van der Waals surface area contributed by atoms with Crippen LogP contribution in [-0.4, -0.2) is 28.6 Å². The molecule has 0 heterocycles. The highest BCUT2D eigenvalue weighted by molar-refractivity contribution is 5.79. The third-order valence-electron chi connectivity index (χ3n) is 2.89. The van der Waals surface area contributed by atoms with Crippen molar-refractivity contribution < 1.29 is 9.90 Å². The predicted octanol–water partition coefficient (Wildman–Crippen LogP) is 1.43. The van der Waals surface area contributed by atoms with Gasteiger partial charge in [0.1, 0.15) is 6.61 Å². The summed E-state index contributed by atoms with van der Waals surface area (Å²) >= 11 is 0. The van der Waals surface area contributed by atoms with Crippen LogP contribution in [-0.2, 0) is 4.79 Å². The molecule has 0 saturated heterocycles. The van der Waals surface area contributed by atoms with Crippen molar-refractivity contribution in [1.82, 2.24) is 4.90 Å². The van der Waals surface area contributed by atoms with Crippen molar-refractivity contribution in [1.29, 1.82) is 0 Å². The fourth-order valence-electron chi connectivity index (χ4n) is 2.05. The maximum Gasteiger partial charge on any atom is 0.252 e. The SMILES string of the molecule is O=C(CO)N(C1=CCCCC1)C1CC1. The zero-order chi connectivity index (χ0) is 9.97. The lowest BCUT2D eigenvalue weighted by atomic mass is 10.0.